The molecule has 1 unspecified atom stereocenters. The molecular formula is C15H14N2O2S. The van der Waals surface area contributed by atoms with Crippen LogP contribution in [0.3, 0.4) is 0 Å². The fraction of sp³-hybridized carbons (Fsp3) is 0.200. The van der Waals surface area contributed by atoms with Gasteiger partial charge in [-0.3, -0.25) is 4.79 Å². The fourth-order valence-electron chi connectivity index (χ4n) is 1.75. The Morgan fingerprint density at radius 1 is 1.40 bits per heavy atom. The minimum Gasteiger partial charge on any atom is -0.497 e. The molecule has 2 rings (SSSR count). The molecule has 0 saturated heterocycles. The number of benzene rings is 1. The van der Waals surface area contributed by atoms with Gasteiger partial charge < -0.3 is 10.1 Å². The van der Waals surface area contributed by atoms with Crippen molar-refractivity contribution in [2.45, 2.75) is 6.42 Å². The number of nitrogens with zero attached hydrogens (tertiary/aromatic N) is 1. The molecule has 0 saturated carbocycles. The lowest BCUT2D eigenvalue weighted by Crippen LogP contribution is -2.23. The number of methoxy groups -OCH3 is 1. The molecule has 0 bridgehead atoms. The summed E-state index contributed by atoms with van der Waals surface area (Å²) < 4.78 is 5.05. The first-order valence-corrected chi connectivity index (χ1v) is 7.03. The third-order valence-electron chi connectivity index (χ3n) is 2.85. The van der Waals surface area contributed by atoms with Crippen LogP contribution in [0.2, 0.25) is 0 Å². The summed E-state index contributed by atoms with van der Waals surface area (Å²) in [6, 6.07) is 11.0. The SMILES string of the molecule is COc1ccc(NC(=O)C(C#N)Cc2ccsc2)cc1. The van der Waals surface area contributed by atoms with Crippen LogP contribution in [0.4, 0.5) is 5.69 Å². The number of hydrogen-bond donors (Lipinski definition) is 1. The third kappa shape index (κ3) is 3.59. The maximum absolute atomic E-state index is 12.1. The molecule has 4 nitrogen and oxygen atoms in total. The second-order valence-electron chi connectivity index (χ2n) is 4.24. The molecule has 102 valence electrons. The maximum Gasteiger partial charge on any atom is 0.242 e. The number of nitrogens with one attached hydrogen (secondary N) is 1. The molecule has 5 heteroatoms. The average molecular weight is 286 g/mol. The normalized spacial score (nSPS) is 11.4. The lowest BCUT2D eigenvalue weighted by Gasteiger charge is -2.10. The fourth-order valence-corrected chi connectivity index (χ4v) is 2.43. The van der Waals surface area contributed by atoms with E-state index in [2.05, 4.69) is 11.4 Å². The number of carbonyl (C=O) groups is 1. The highest BCUT2D eigenvalue weighted by atomic mass is 32.1. The molecule has 1 aromatic heterocycles. The van der Waals surface area contributed by atoms with Crippen molar-refractivity contribution in [1.82, 2.24) is 0 Å². The third-order valence-corrected chi connectivity index (χ3v) is 3.58. The van der Waals surface area contributed by atoms with Crippen LogP contribution in [0.25, 0.3) is 0 Å². The standard InChI is InChI=1S/C15H14N2O2S/c1-19-14-4-2-13(3-5-14)17-15(18)12(9-16)8-11-6-7-20-10-11/h2-7,10,12H,8H2,1H3,(H,17,18). The van der Waals surface area contributed by atoms with Crippen molar-refractivity contribution in [1.29, 1.82) is 5.26 Å². The molecule has 1 aromatic carbocycles. The van der Waals surface area contributed by atoms with E-state index in [1.165, 1.54) is 0 Å². The molecule has 0 aliphatic heterocycles. The van der Waals surface area contributed by atoms with Crippen LogP contribution >= 0.6 is 11.3 Å². The van der Waals surface area contributed by atoms with Crippen molar-refractivity contribution in [2.75, 3.05) is 12.4 Å². The number of carbonyl (C=O) groups excluding carboxylic acids is 1. The summed E-state index contributed by atoms with van der Waals surface area (Å²) in [5, 5.41) is 15.8. The van der Waals surface area contributed by atoms with E-state index in [1.54, 1.807) is 42.7 Å². The Hall–Kier alpha value is -2.32. The molecule has 0 spiro atoms. The largest absolute Gasteiger partial charge is 0.497 e. The lowest BCUT2D eigenvalue weighted by atomic mass is 10.0. The van der Waals surface area contributed by atoms with E-state index < -0.39 is 5.92 Å². The quantitative estimate of drug-likeness (QED) is 0.918. The number of thiophene rings is 1. The van der Waals surface area contributed by atoms with Gasteiger partial charge in [-0.1, -0.05) is 0 Å². The van der Waals surface area contributed by atoms with E-state index >= 15 is 0 Å². The van der Waals surface area contributed by atoms with E-state index in [-0.39, 0.29) is 5.91 Å². The van der Waals surface area contributed by atoms with Gasteiger partial charge in [-0.2, -0.15) is 16.6 Å². The number of ether oxygens (including phenoxy) is 1. The molecule has 1 atom stereocenters. The lowest BCUT2D eigenvalue weighted by molar-refractivity contribution is -0.118. The number of rotatable bonds is 5. The monoisotopic (exact) mass is 286 g/mol. The smallest absolute Gasteiger partial charge is 0.242 e. The minimum atomic E-state index is -0.688. The summed E-state index contributed by atoms with van der Waals surface area (Å²) in [7, 11) is 1.58. The zero-order valence-electron chi connectivity index (χ0n) is 11.0. The van der Waals surface area contributed by atoms with Gasteiger partial charge in [0.15, 0.2) is 0 Å². The van der Waals surface area contributed by atoms with Crippen LogP contribution in [0.15, 0.2) is 41.1 Å². The van der Waals surface area contributed by atoms with Crippen molar-refractivity contribution in [3.8, 4) is 11.8 Å². The van der Waals surface area contributed by atoms with Crippen molar-refractivity contribution in [2.24, 2.45) is 5.92 Å². The van der Waals surface area contributed by atoms with Crippen LogP contribution in [0.1, 0.15) is 5.56 Å². The van der Waals surface area contributed by atoms with Gasteiger partial charge in [0.1, 0.15) is 11.7 Å². The number of amides is 1. The van der Waals surface area contributed by atoms with E-state index in [1.807, 2.05) is 16.8 Å². The highest BCUT2D eigenvalue weighted by Crippen LogP contribution is 2.17. The average Bonchev–Trinajstić information content (AvgIpc) is 2.98. The second-order valence-corrected chi connectivity index (χ2v) is 5.02. The summed E-state index contributed by atoms with van der Waals surface area (Å²) in [5.74, 6) is -0.256. The van der Waals surface area contributed by atoms with Crippen molar-refractivity contribution in [3.63, 3.8) is 0 Å². The van der Waals surface area contributed by atoms with Gasteiger partial charge in [-0.15, -0.1) is 0 Å². The van der Waals surface area contributed by atoms with Gasteiger partial charge in [-0.25, -0.2) is 0 Å². The molecule has 0 aliphatic carbocycles. The summed E-state index contributed by atoms with van der Waals surface area (Å²) >= 11 is 1.56. The highest BCUT2D eigenvalue weighted by Gasteiger charge is 2.18. The molecule has 1 heterocycles. The van der Waals surface area contributed by atoms with Gasteiger partial charge >= 0.3 is 0 Å². The van der Waals surface area contributed by atoms with Gasteiger partial charge in [0.05, 0.1) is 13.2 Å². The maximum atomic E-state index is 12.1. The zero-order valence-corrected chi connectivity index (χ0v) is 11.8. The Labute approximate surface area is 121 Å². The van der Waals surface area contributed by atoms with Crippen LogP contribution in [0.5, 0.6) is 5.75 Å². The molecule has 0 fully saturated rings. The summed E-state index contributed by atoms with van der Waals surface area (Å²) in [5.41, 5.74) is 1.66. The Morgan fingerprint density at radius 2 is 2.15 bits per heavy atom. The molecular weight excluding hydrogens is 272 g/mol. The molecule has 1 amide bonds. The molecule has 1 N–H and O–H groups in total. The molecule has 2 aromatic rings. The second kappa shape index (κ2) is 6.73. The van der Waals surface area contributed by atoms with Crippen molar-refractivity contribution in [3.05, 3.63) is 46.7 Å². The van der Waals surface area contributed by atoms with Gasteiger partial charge in [-0.05, 0) is 53.1 Å². The first kappa shape index (κ1) is 14.1. The Bertz CT molecular complexity index is 600. The van der Waals surface area contributed by atoms with E-state index in [0.717, 1.165) is 11.3 Å². The predicted molar refractivity (Wildman–Crippen MR) is 78.7 cm³/mol. The first-order valence-electron chi connectivity index (χ1n) is 6.08. The van der Waals surface area contributed by atoms with Crippen LogP contribution in [-0.2, 0) is 11.2 Å². The van der Waals surface area contributed by atoms with Gasteiger partial charge in [0.2, 0.25) is 5.91 Å². The van der Waals surface area contributed by atoms with Gasteiger partial charge in [0, 0.05) is 5.69 Å². The highest BCUT2D eigenvalue weighted by molar-refractivity contribution is 7.07. The summed E-state index contributed by atoms with van der Waals surface area (Å²) in [6.45, 7) is 0. The van der Waals surface area contributed by atoms with Crippen LogP contribution < -0.4 is 10.1 Å². The Kier molecular flexibility index (Phi) is 4.75. The molecule has 0 radical (unpaired) electrons. The minimum absolute atomic E-state index is 0.288. The zero-order chi connectivity index (χ0) is 14.4. The number of nitriles is 1. The topological polar surface area (TPSA) is 62.1 Å². The van der Waals surface area contributed by atoms with Crippen LogP contribution in [0, 0.1) is 17.2 Å². The molecule has 0 aliphatic rings. The van der Waals surface area contributed by atoms with E-state index in [0.29, 0.717) is 12.1 Å². The predicted octanol–water partition coefficient (Wildman–Crippen LogP) is 3.08. The molecule has 20 heavy (non-hydrogen) atoms. The summed E-state index contributed by atoms with van der Waals surface area (Å²) in [4.78, 5) is 12.1. The summed E-state index contributed by atoms with van der Waals surface area (Å²) in [6.07, 6.45) is 0.433. The Balaban J connectivity index is 2.00. The number of anilines is 1. The van der Waals surface area contributed by atoms with Crippen LogP contribution in [-0.4, -0.2) is 13.0 Å². The van der Waals surface area contributed by atoms with Gasteiger partial charge in [0.25, 0.3) is 0 Å². The van der Waals surface area contributed by atoms with E-state index in [9.17, 15) is 4.79 Å². The number of hydrogen-bond acceptors (Lipinski definition) is 4. The van der Waals surface area contributed by atoms with Crippen molar-refractivity contribution < 1.29 is 9.53 Å². The van der Waals surface area contributed by atoms with E-state index in [4.69, 9.17) is 10.00 Å². The first-order chi connectivity index (χ1) is 9.72. The van der Waals surface area contributed by atoms with Crippen molar-refractivity contribution >= 4 is 22.9 Å². The Morgan fingerprint density at radius 3 is 2.70 bits per heavy atom.